The maximum absolute atomic E-state index is 13.5. The highest BCUT2D eigenvalue weighted by molar-refractivity contribution is 7.15. The van der Waals surface area contributed by atoms with Crippen LogP contribution in [-0.4, -0.2) is 93.6 Å². The fourth-order valence-electron chi connectivity index (χ4n) is 7.24. The van der Waals surface area contributed by atoms with Crippen LogP contribution in [0.5, 0.6) is 5.75 Å². The molecule has 2 aromatic heterocycles. The largest absolute Gasteiger partial charge is 0.490 e. The molecule has 2 N–H and O–H groups in total. The minimum Gasteiger partial charge on any atom is -0.490 e. The molecule has 0 saturated carbocycles. The second kappa shape index (κ2) is 13.0. The average Bonchev–Trinajstić information content (AvgIpc) is 3.51. The van der Waals surface area contributed by atoms with Crippen molar-refractivity contribution in [1.82, 2.24) is 29.9 Å². The summed E-state index contributed by atoms with van der Waals surface area (Å²) in [4.78, 5) is 25.2. The van der Waals surface area contributed by atoms with Crippen molar-refractivity contribution < 1.29 is 9.53 Å². The van der Waals surface area contributed by atoms with Crippen molar-refractivity contribution >= 4 is 40.2 Å². The fraction of sp³-hybridized carbons (Fsp3) is 0.444. The number of carbonyl (C=O) groups is 1. The van der Waals surface area contributed by atoms with Crippen LogP contribution in [0.4, 0.5) is 5.69 Å². The standard InChI is InChI=1S/C36H41ClN8O2S/c1-21-22(2)48-36-33(21)34(24-4-6-25(37)7-5-24)40-31(35-42-41-23(3)45(35)36)16-32(46)39-26-8-10-29(11-9-26)47-30-12-14-43(15-13-30)28-19-44(20-28)27-17-38-18-27/h4-11,27-28,30-31,38H,12-20H2,1-3H3,(H,39,46)/t31-/m0/s1. The Bertz CT molecular complexity index is 1830. The summed E-state index contributed by atoms with van der Waals surface area (Å²) in [6, 6.07) is 16.4. The Morgan fingerprint density at radius 3 is 2.40 bits per heavy atom. The van der Waals surface area contributed by atoms with Crippen LogP contribution in [0.2, 0.25) is 5.02 Å². The van der Waals surface area contributed by atoms with Gasteiger partial charge in [0.2, 0.25) is 5.91 Å². The van der Waals surface area contributed by atoms with Crippen LogP contribution < -0.4 is 15.4 Å². The van der Waals surface area contributed by atoms with Gasteiger partial charge in [-0.2, -0.15) is 0 Å². The molecule has 3 saturated heterocycles. The number of nitrogens with zero attached hydrogens (tertiary/aromatic N) is 6. The molecule has 0 spiro atoms. The molecule has 4 aliphatic heterocycles. The lowest BCUT2D eigenvalue weighted by atomic mass is 9.97. The lowest BCUT2D eigenvalue weighted by Gasteiger charge is -2.52. The molecule has 0 radical (unpaired) electrons. The Balaban J connectivity index is 0.923. The Morgan fingerprint density at radius 1 is 0.979 bits per heavy atom. The van der Waals surface area contributed by atoms with Crippen molar-refractivity contribution in [1.29, 1.82) is 0 Å². The summed E-state index contributed by atoms with van der Waals surface area (Å²) < 4.78 is 8.42. The molecule has 1 amide bonds. The third kappa shape index (κ3) is 6.07. The number of piperidine rings is 1. The summed E-state index contributed by atoms with van der Waals surface area (Å²) in [5, 5.41) is 17.1. The van der Waals surface area contributed by atoms with Gasteiger partial charge in [0, 0.05) is 78.1 Å². The number of amides is 1. The number of likely N-dealkylation sites (tertiary alicyclic amines) is 2. The van der Waals surface area contributed by atoms with Gasteiger partial charge < -0.3 is 15.4 Å². The van der Waals surface area contributed by atoms with Gasteiger partial charge in [-0.3, -0.25) is 24.2 Å². The number of hydrogen-bond donors (Lipinski definition) is 2. The summed E-state index contributed by atoms with van der Waals surface area (Å²) in [6.45, 7) is 13.1. The quantitative estimate of drug-likeness (QED) is 0.259. The van der Waals surface area contributed by atoms with E-state index in [2.05, 4.69) is 49.0 Å². The first-order chi connectivity index (χ1) is 23.3. The SMILES string of the molecule is Cc1sc2c(c1C)C(c1ccc(Cl)cc1)=N[C@@H](CC(=O)Nc1ccc(OC3CCN(C4CN(C5CNC5)C4)CC3)cc1)c1nnc(C)n1-2. The Hall–Kier alpha value is -3.61. The maximum atomic E-state index is 13.5. The molecule has 4 aliphatic rings. The zero-order chi connectivity index (χ0) is 32.9. The number of halogens is 1. The van der Waals surface area contributed by atoms with Gasteiger partial charge >= 0.3 is 0 Å². The van der Waals surface area contributed by atoms with Crippen LogP contribution in [0.25, 0.3) is 5.00 Å². The monoisotopic (exact) mass is 684 g/mol. The molecule has 2 aromatic carbocycles. The molecular formula is C36H41ClN8O2S. The third-order valence-electron chi connectivity index (χ3n) is 10.3. The number of ether oxygens (including phenoxy) is 1. The number of rotatable bonds is 8. The first-order valence-electron chi connectivity index (χ1n) is 16.9. The molecule has 6 heterocycles. The Kier molecular flexibility index (Phi) is 8.58. The first-order valence-corrected chi connectivity index (χ1v) is 18.1. The van der Waals surface area contributed by atoms with Crippen molar-refractivity contribution in [2.75, 3.05) is 44.6 Å². The van der Waals surface area contributed by atoms with E-state index >= 15 is 0 Å². The van der Waals surface area contributed by atoms with Crippen molar-refractivity contribution in [3.05, 3.63) is 86.8 Å². The topological polar surface area (TPSA) is 99.9 Å². The highest BCUT2D eigenvalue weighted by Gasteiger charge is 2.39. The van der Waals surface area contributed by atoms with E-state index in [1.807, 2.05) is 55.5 Å². The number of aryl methyl sites for hydroxylation is 2. The number of nitrogens with one attached hydrogen (secondary N) is 2. The molecule has 0 bridgehead atoms. The van der Waals surface area contributed by atoms with E-state index in [1.165, 1.54) is 18.0 Å². The number of aliphatic imine (C=N–C) groups is 1. The van der Waals surface area contributed by atoms with Crippen molar-refractivity contribution in [2.24, 2.45) is 4.99 Å². The van der Waals surface area contributed by atoms with Crippen LogP contribution in [0, 0.1) is 20.8 Å². The number of anilines is 1. The van der Waals surface area contributed by atoms with Crippen molar-refractivity contribution in [2.45, 2.75) is 64.3 Å². The number of benzene rings is 2. The summed E-state index contributed by atoms with van der Waals surface area (Å²) in [7, 11) is 0. The van der Waals surface area contributed by atoms with Gasteiger partial charge in [-0.15, -0.1) is 21.5 Å². The summed E-state index contributed by atoms with van der Waals surface area (Å²) in [5.74, 6) is 2.12. The van der Waals surface area contributed by atoms with E-state index < -0.39 is 6.04 Å². The van der Waals surface area contributed by atoms with E-state index in [4.69, 9.17) is 21.3 Å². The second-order valence-corrected chi connectivity index (χ2v) is 15.1. The van der Waals surface area contributed by atoms with Gasteiger partial charge in [0.05, 0.1) is 12.1 Å². The van der Waals surface area contributed by atoms with Crippen LogP contribution >= 0.6 is 22.9 Å². The Labute approximate surface area is 290 Å². The van der Waals surface area contributed by atoms with Gasteiger partial charge in [0.25, 0.3) is 0 Å². The Morgan fingerprint density at radius 2 is 1.71 bits per heavy atom. The summed E-state index contributed by atoms with van der Waals surface area (Å²) >= 11 is 7.94. The molecule has 10 nitrogen and oxygen atoms in total. The number of carbonyl (C=O) groups excluding carboxylic acids is 1. The molecular weight excluding hydrogens is 644 g/mol. The second-order valence-electron chi connectivity index (χ2n) is 13.5. The fourth-order valence-corrected chi connectivity index (χ4v) is 8.58. The van der Waals surface area contributed by atoms with Crippen LogP contribution in [0.3, 0.4) is 0 Å². The average molecular weight is 685 g/mol. The molecule has 8 rings (SSSR count). The van der Waals surface area contributed by atoms with Crippen LogP contribution in [0.15, 0.2) is 53.5 Å². The number of hydrogen-bond acceptors (Lipinski definition) is 9. The van der Waals surface area contributed by atoms with E-state index in [-0.39, 0.29) is 18.4 Å². The number of thiophene rings is 1. The predicted molar refractivity (Wildman–Crippen MR) is 190 cm³/mol. The van der Waals surface area contributed by atoms with Crippen LogP contribution in [0.1, 0.15) is 58.5 Å². The molecule has 12 heteroatoms. The zero-order valence-corrected chi connectivity index (χ0v) is 29.2. The highest BCUT2D eigenvalue weighted by atomic mass is 35.5. The summed E-state index contributed by atoms with van der Waals surface area (Å²) in [5.41, 5.74) is 4.70. The highest BCUT2D eigenvalue weighted by Crippen LogP contribution is 2.40. The third-order valence-corrected chi connectivity index (χ3v) is 11.8. The minimum absolute atomic E-state index is 0.120. The minimum atomic E-state index is -0.525. The van der Waals surface area contributed by atoms with Crippen molar-refractivity contribution in [3.63, 3.8) is 0 Å². The van der Waals surface area contributed by atoms with Gasteiger partial charge in [0.15, 0.2) is 5.82 Å². The number of aromatic nitrogens is 3. The molecule has 1 atom stereocenters. The first kappa shape index (κ1) is 31.6. The molecule has 0 aliphatic carbocycles. The normalized spacial score (nSPS) is 20.7. The molecule has 250 valence electrons. The van der Waals surface area contributed by atoms with Crippen molar-refractivity contribution in [3.8, 4) is 10.8 Å². The smallest absolute Gasteiger partial charge is 0.227 e. The van der Waals surface area contributed by atoms with Crippen LogP contribution in [-0.2, 0) is 4.79 Å². The van der Waals surface area contributed by atoms with E-state index in [0.29, 0.717) is 16.9 Å². The molecule has 48 heavy (non-hydrogen) atoms. The van der Waals surface area contributed by atoms with E-state index in [9.17, 15) is 4.79 Å². The zero-order valence-electron chi connectivity index (χ0n) is 27.6. The summed E-state index contributed by atoms with van der Waals surface area (Å²) in [6.07, 6.45) is 2.41. The molecule has 4 aromatic rings. The number of fused-ring (bicyclic) bond motifs is 3. The van der Waals surface area contributed by atoms with E-state index in [0.717, 1.165) is 89.7 Å². The van der Waals surface area contributed by atoms with Gasteiger partial charge in [0.1, 0.15) is 28.7 Å². The van der Waals surface area contributed by atoms with Gasteiger partial charge in [-0.25, -0.2) is 0 Å². The lowest BCUT2D eigenvalue weighted by molar-refractivity contribution is -0.116. The van der Waals surface area contributed by atoms with E-state index in [1.54, 1.807) is 11.3 Å². The molecule has 3 fully saturated rings. The lowest BCUT2D eigenvalue weighted by Crippen LogP contribution is -2.69. The van der Waals surface area contributed by atoms with Gasteiger partial charge in [-0.1, -0.05) is 23.7 Å². The maximum Gasteiger partial charge on any atom is 0.227 e. The predicted octanol–water partition coefficient (Wildman–Crippen LogP) is 5.33. The van der Waals surface area contributed by atoms with Gasteiger partial charge in [-0.05, 0) is 75.6 Å². The molecule has 0 unspecified atom stereocenters.